The van der Waals surface area contributed by atoms with Crippen molar-refractivity contribution in [2.75, 3.05) is 11.1 Å². The summed E-state index contributed by atoms with van der Waals surface area (Å²) in [5.74, 6) is -0.0409. The predicted octanol–water partition coefficient (Wildman–Crippen LogP) is 2.75. The van der Waals surface area contributed by atoms with E-state index in [1.54, 1.807) is 0 Å². The van der Waals surface area contributed by atoms with Crippen LogP contribution in [0.3, 0.4) is 0 Å². The van der Waals surface area contributed by atoms with Crippen molar-refractivity contribution in [3.63, 3.8) is 0 Å². The van der Waals surface area contributed by atoms with Crippen LogP contribution >= 0.6 is 0 Å². The zero-order valence-corrected chi connectivity index (χ0v) is 14.5. The molecule has 25 heavy (non-hydrogen) atoms. The van der Waals surface area contributed by atoms with Crippen LogP contribution in [0.2, 0.25) is 0 Å². The van der Waals surface area contributed by atoms with Gasteiger partial charge in [0.05, 0.1) is 0 Å². The summed E-state index contributed by atoms with van der Waals surface area (Å²) in [5, 5.41) is 2.95. The first-order chi connectivity index (χ1) is 12.0. The first-order valence-corrected chi connectivity index (χ1v) is 8.41. The lowest BCUT2D eigenvalue weighted by molar-refractivity contribution is -0.117. The van der Waals surface area contributed by atoms with E-state index in [0.717, 1.165) is 28.1 Å². The number of carbonyl (C=O) groups excluding carboxylic acids is 1. The molecule has 1 saturated heterocycles. The van der Waals surface area contributed by atoms with Gasteiger partial charge in [0.15, 0.2) is 0 Å². The van der Waals surface area contributed by atoms with Gasteiger partial charge in [-0.15, -0.1) is 0 Å². The molecule has 0 aromatic heterocycles. The van der Waals surface area contributed by atoms with Crippen molar-refractivity contribution in [1.82, 2.24) is 10.9 Å². The van der Waals surface area contributed by atoms with E-state index < -0.39 is 0 Å². The van der Waals surface area contributed by atoms with Gasteiger partial charge in [0.25, 0.3) is 0 Å². The molecule has 132 valence electrons. The highest BCUT2D eigenvalue weighted by atomic mass is 16.5. The van der Waals surface area contributed by atoms with Crippen molar-refractivity contribution in [3.8, 4) is 0 Å². The number of hydrazine groups is 1. The Balaban J connectivity index is 1.49. The minimum Gasteiger partial charge on any atom is -0.399 e. The lowest BCUT2D eigenvalue weighted by Crippen LogP contribution is -2.31. The second kappa shape index (κ2) is 7.65. The van der Waals surface area contributed by atoms with Gasteiger partial charge >= 0.3 is 0 Å². The van der Waals surface area contributed by atoms with E-state index in [4.69, 9.17) is 10.5 Å². The predicted molar refractivity (Wildman–Crippen MR) is 98.5 cm³/mol. The van der Waals surface area contributed by atoms with Gasteiger partial charge in [-0.3, -0.25) is 4.79 Å². The summed E-state index contributed by atoms with van der Waals surface area (Å²) in [4.78, 5) is 12.2. The molecule has 2 atom stereocenters. The van der Waals surface area contributed by atoms with Crippen LogP contribution in [-0.2, 0) is 9.53 Å². The maximum atomic E-state index is 12.2. The number of hydrogen-bond donors (Lipinski definition) is 4. The van der Waals surface area contributed by atoms with Crippen molar-refractivity contribution in [2.24, 2.45) is 0 Å². The van der Waals surface area contributed by atoms with Crippen molar-refractivity contribution in [1.29, 1.82) is 0 Å². The van der Waals surface area contributed by atoms with Crippen LogP contribution in [0.1, 0.15) is 35.8 Å². The van der Waals surface area contributed by atoms with E-state index in [9.17, 15) is 4.79 Å². The molecule has 3 rings (SSSR count). The van der Waals surface area contributed by atoms with E-state index in [0.29, 0.717) is 12.8 Å². The van der Waals surface area contributed by atoms with Crippen LogP contribution in [0, 0.1) is 13.8 Å². The fourth-order valence-corrected chi connectivity index (χ4v) is 2.78. The molecule has 6 heteroatoms. The van der Waals surface area contributed by atoms with Gasteiger partial charge in [0, 0.05) is 17.8 Å². The molecular weight excluding hydrogens is 316 g/mol. The van der Waals surface area contributed by atoms with Crippen LogP contribution in [0.4, 0.5) is 11.4 Å². The van der Waals surface area contributed by atoms with Crippen LogP contribution in [-0.4, -0.2) is 12.1 Å². The largest absolute Gasteiger partial charge is 0.399 e. The number of hydrogen-bond acceptors (Lipinski definition) is 5. The number of aryl methyl sites for hydroxylation is 2. The zero-order chi connectivity index (χ0) is 17.8. The molecule has 0 aliphatic carbocycles. The fraction of sp³-hybridized carbons (Fsp3) is 0.316. The smallest absolute Gasteiger partial charge is 0.224 e. The monoisotopic (exact) mass is 340 g/mol. The number of amides is 1. The number of nitrogens with two attached hydrogens (primary N) is 1. The van der Waals surface area contributed by atoms with E-state index >= 15 is 0 Å². The fourth-order valence-electron chi connectivity index (χ4n) is 2.78. The quantitative estimate of drug-likeness (QED) is 0.629. The van der Waals surface area contributed by atoms with E-state index in [1.807, 2.05) is 56.3 Å². The first-order valence-electron chi connectivity index (χ1n) is 8.41. The van der Waals surface area contributed by atoms with Crippen molar-refractivity contribution in [3.05, 3.63) is 59.2 Å². The van der Waals surface area contributed by atoms with Crippen LogP contribution < -0.4 is 21.9 Å². The Morgan fingerprint density at radius 1 is 1.16 bits per heavy atom. The Bertz CT molecular complexity index is 749. The summed E-state index contributed by atoms with van der Waals surface area (Å²) >= 11 is 0. The third-order valence-corrected chi connectivity index (χ3v) is 4.30. The Labute approximate surface area is 147 Å². The van der Waals surface area contributed by atoms with E-state index in [-0.39, 0.29) is 18.4 Å². The van der Waals surface area contributed by atoms with Gasteiger partial charge in [0.2, 0.25) is 5.91 Å². The molecule has 2 aromatic rings. The third kappa shape index (κ3) is 4.36. The Morgan fingerprint density at radius 3 is 2.68 bits per heavy atom. The molecule has 2 unspecified atom stereocenters. The Kier molecular flexibility index (Phi) is 5.33. The number of benzene rings is 2. The van der Waals surface area contributed by atoms with Crippen LogP contribution in [0.25, 0.3) is 0 Å². The van der Waals surface area contributed by atoms with Gasteiger partial charge in [-0.2, -0.15) is 0 Å². The summed E-state index contributed by atoms with van der Waals surface area (Å²) in [6.45, 7) is 3.86. The lowest BCUT2D eigenvalue weighted by atomic mass is 10.1. The number of nitrogen functional groups attached to an aromatic ring is 1. The summed E-state index contributed by atoms with van der Waals surface area (Å²) in [6, 6.07) is 13.7. The minimum absolute atomic E-state index is 0.0409. The number of rotatable bonds is 5. The van der Waals surface area contributed by atoms with Gasteiger partial charge in [0.1, 0.15) is 12.5 Å². The zero-order valence-electron chi connectivity index (χ0n) is 14.5. The Morgan fingerprint density at radius 2 is 1.92 bits per heavy atom. The topological polar surface area (TPSA) is 88.4 Å². The normalized spacial score (nSPS) is 19.8. The van der Waals surface area contributed by atoms with Crippen LogP contribution in [0.15, 0.2) is 42.5 Å². The number of anilines is 2. The van der Waals surface area contributed by atoms with Gasteiger partial charge in [-0.05, 0) is 49.1 Å². The van der Waals surface area contributed by atoms with Crippen molar-refractivity contribution in [2.45, 2.75) is 39.1 Å². The molecule has 1 heterocycles. The average molecular weight is 340 g/mol. The highest BCUT2D eigenvalue weighted by Crippen LogP contribution is 2.23. The van der Waals surface area contributed by atoms with Crippen molar-refractivity contribution >= 4 is 17.3 Å². The molecule has 5 N–H and O–H groups in total. The lowest BCUT2D eigenvalue weighted by Gasteiger charge is -2.13. The Hall–Kier alpha value is -2.41. The summed E-state index contributed by atoms with van der Waals surface area (Å²) in [6.07, 6.45) is 0.542. The number of carbonyl (C=O) groups is 1. The molecule has 0 spiro atoms. The standard InChI is InChI=1S/C19H24N4O2/c1-12-11-16(13(2)10-15(12)20)21-17(24)8-9-18-22-23-19(25-18)14-6-4-3-5-7-14/h3-7,10-11,18-19,22-23H,8-9,20H2,1-2H3,(H,21,24). The highest BCUT2D eigenvalue weighted by Gasteiger charge is 2.25. The SMILES string of the molecule is Cc1cc(NC(=O)CCC2NNC(c3ccccc3)O2)c(C)cc1N. The molecule has 0 bridgehead atoms. The second-order valence-electron chi connectivity index (χ2n) is 6.31. The van der Waals surface area contributed by atoms with Gasteiger partial charge < -0.3 is 15.8 Å². The second-order valence-corrected chi connectivity index (χ2v) is 6.31. The summed E-state index contributed by atoms with van der Waals surface area (Å²) < 4.78 is 5.89. The van der Waals surface area contributed by atoms with Gasteiger partial charge in [-0.25, -0.2) is 10.9 Å². The molecule has 6 nitrogen and oxygen atoms in total. The summed E-state index contributed by atoms with van der Waals surface area (Å²) in [5.41, 5.74) is 16.6. The highest BCUT2D eigenvalue weighted by molar-refractivity contribution is 5.92. The molecule has 0 saturated carbocycles. The maximum Gasteiger partial charge on any atom is 0.224 e. The molecule has 2 aromatic carbocycles. The molecule has 1 amide bonds. The molecule has 1 fully saturated rings. The average Bonchev–Trinajstić information content (AvgIpc) is 3.08. The molecule has 0 radical (unpaired) electrons. The molecular formula is C19H24N4O2. The third-order valence-electron chi connectivity index (χ3n) is 4.30. The summed E-state index contributed by atoms with van der Waals surface area (Å²) in [7, 11) is 0. The first kappa shape index (κ1) is 17.4. The van der Waals surface area contributed by atoms with Crippen molar-refractivity contribution < 1.29 is 9.53 Å². The van der Waals surface area contributed by atoms with Crippen LogP contribution in [0.5, 0.6) is 0 Å². The van der Waals surface area contributed by atoms with E-state index in [2.05, 4.69) is 16.2 Å². The molecule has 1 aliphatic rings. The minimum atomic E-state index is -0.204. The number of ether oxygens (including phenoxy) is 1. The van der Waals surface area contributed by atoms with E-state index in [1.165, 1.54) is 0 Å². The molecule has 1 aliphatic heterocycles. The number of nitrogens with one attached hydrogen (secondary N) is 3. The van der Waals surface area contributed by atoms with Gasteiger partial charge in [-0.1, -0.05) is 30.3 Å². The maximum absolute atomic E-state index is 12.2.